The number of carbonyl (C=O) groups excluding carboxylic acids is 1. The molecule has 24 heavy (non-hydrogen) atoms. The zero-order valence-electron chi connectivity index (χ0n) is 14.0. The van der Waals surface area contributed by atoms with Crippen LogP contribution in [0.15, 0.2) is 29.6 Å². The maximum Gasteiger partial charge on any atom is 0.273 e. The molecule has 0 saturated carbocycles. The highest BCUT2D eigenvalue weighted by Gasteiger charge is 2.24. The Kier molecular flexibility index (Phi) is 5.48. The molecular formula is C18H22N2O3S. The largest absolute Gasteiger partial charge is 0.496 e. The summed E-state index contributed by atoms with van der Waals surface area (Å²) in [6.07, 6.45) is 1.02. The van der Waals surface area contributed by atoms with Crippen LogP contribution >= 0.6 is 11.3 Å². The zero-order chi connectivity index (χ0) is 16.9. The molecule has 128 valence electrons. The molecule has 1 amide bonds. The van der Waals surface area contributed by atoms with E-state index in [1.807, 2.05) is 41.5 Å². The van der Waals surface area contributed by atoms with Crippen molar-refractivity contribution in [1.82, 2.24) is 9.88 Å². The molecule has 1 saturated heterocycles. The summed E-state index contributed by atoms with van der Waals surface area (Å²) in [5.41, 5.74) is 1.41. The molecular weight excluding hydrogens is 324 g/mol. The summed E-state index contributed by atoms with van der Waals surface area (Å²) in [6.45, 7) is 4.95. The van der Waals surface area contributed by atoms with E-state index in [-0.39, 0.29) is 5.91 Å². The first-order chi connectivity index (χ1) is 11.7. The lowest BCUT2D eigenvalue weighted by Gasteiger charge is -2.22. The van der Waals surface area contributed by atoms with E-state index in [4.69, 9.17) is 9.47 Å². The normalized spacial score (nSPS) is 17.0. The maximum atomic E-state index is 12.8. The zero-order valence-corrected chi connectivity index (χ0v) is 14.8. The molecule has 0 unspecified atom stereocenters. The standard InChI is InChI=1S/C18H22N2O3S/c1-3-20(10-13-8-9-23-11-13)18(21)15-12-24-17(19-15)14-6-4-5-7-16(14)22-2/h4-7,12-13H,3,8-11H2,1-2H3/t13-/m0/s1. The Hall–Kier alpha value is -1.92. The van der Waals surface area contributed by atoms with E-state index in [0.717, 1.165) is 42.5 Å². The molecule has 5 nitrogen and oxygen atoms in total. The van der Waals surface area contributed by atoms with Gasteiger partial charge in [-0.2, -0.15) is 0 Å². The summed E-state index contributed by atoms with van der Waals surface area (Å²) in [5.74, 6) is 1.18. The first-order valence-corrected chi connectivity index (χ1v) is 9.06. The fraction of sp³-hybridized carbons (Fsp3) is 0.444. The van der Waals surface area contributed by atoms with Gasteiger partial charge in [0, 0.05) is 31.0 Å². The average Bonchev–Trinajstić information content (AvgIpc) is 3.30. The number of aromatic nitrogens is 1. The molecule has 6 heteroatoms. The Morgan fingerprint density at radius 2 is 2.29 bits per heavy atom. The molecule has 2 aromatic rings. The molecule has 1 aliphatic heterocycles. The van der Waals surface area contributed by atoms with Crippen LogP contribution in [0.2, 0.25) is 0 Å². The smallest absolute Gasteiger partial charge is 0.273 e. The number of amides is 1. The van der Waals surface area contributed by atoms with E-state index in [1.54, 1.807) is 7.11 Å². The van der Waals surface area contributed by atoms with Crippen LogP contribution in [0.4, 0.5) is 0 Å². The lowest BCUT2D eigenvalue weighted by Crippen LogP contribution is -2.35. The van der Waals surface area contributed by atoms with Crippen molar-refractivity contribution in [3.8, 4) is 16.3 Å². The fourth-order valence-electron chi connectivity index (χ4n) is 2.87. The Morgan fingerprint density at radius 1 is 1.46 bits per heavy atom. The number of benzene rings is 1. The number of ether oxygens (including phenoxy) is 2. The van der Waals surface area contributed by atoms with E-state index >= 15 is 0 Å². The quantitative estimate of drug-likeness (QED) is 0.805. The monoisotopic (exact) mass is 346 g/mol. The number of nitrogens with zero attached hydrogens (tertiary/aromatic N) is 2. The van der Waals surface area contributed by atoms with Gasteiger partial charge >= 0.3 is 0 Å². The molecule has 0 radical (unpaired) electrons. The van der Waals surface area contributed by atoms with Gasteiger partial charge in [0.25, 0.3) is 5.91 Å². The number of hydrogen-bond acceptors (Lipinski definition) is 5. The molecule has 3 rings (SSSR count). The summed E-state index contributed by atoms with van der Waals surface area (Å²) in [4.78, 5) is 19.2. The molecule has 1 atom stereocenters. The summed E-state index contributed by atoms with van der Waals surface area (Å²) in [7, 11) is 1.64. The molecule has 0 aliphatic carbocycles. The van der Waals surface area contributed by atoms with Gasteiger partial charge in [-0.1, -0.05) is 12.1 Å². The molecule has 0 N–H and O–H groups in total. The minimum atomic E-state index is -0.0122. The van der Waals surface area contributed by atoms with Gasteiger partial charge < -0.3 is 14.4 Å². The molecule has 0 bridgehead atoms. The maximum absolute atomic E-state index is 12.8. The van der Waals surface area contributed by atoms with Crippen LogP contribution in [0.1, 0.15) is 23.8 Å². The van der Waals surface area contributed by atoms with Crippen molar-refractivity contribution in [2.45, 2.75) is 13.3 Å². The predicted octanol–water partition coefficient (Wildman–Crippen LogP) is 3.32. The Bertz CT molecular complexity index is 695. The number of hydrogen-bond donors (Lipinski definition) is 0. The van der Waals surface area contributed by atoms with Gasteiger partial charge in [-0.25, -0.2) is 4.98 Å². The molecule has 0 spiro atoms. The predicted molar refractivity (Wildman–Crippen MR) is 94.6 cm³/mol. The average molecular weight is 346 g/mol. The summed E-state index contributed by atoms with van der Waals surface area (Å²) in [6, 6.07) is 7.72. The van der Waals surface area contributed by atoms with Crippen molar-refractivity contribution in [1.29, 1.82) is 0 Å². The van der Waals surface area contributed by atoms with E-state index in [0.29, 0.717) is 18.2 Å². The highest BCUT2D eigenvalue weighted by molar-refractivity contribution is 7.13. The van der Waals surface area contributed by atoms with E-state index in [2.05, 4.69) is 4.98 Å². The summed E-state index contributed by atoms with van der Waals surface area (Å²) in [5, 5.41) is 2.63. The van der Waals surface area contributed by atoms with Gasteiger partial charge in [0.15, 0.2) is 0 Å². The van der Waals surface area contributed by atoms with Crippen LogP contribution in [0.25, 0.3) is 10.6 Å². The summed E-state index contributed by atoms with van der Waals surface area (Å²) < 4.78 is 10.8. The van der Waals surface area contributed by atoms with Crippen molar-refractivity contribution in [2.24, 2.45) is 5.92 Å². The minimum Gasteiger partial charge on any atom is -0.496 e. The van der Waals surface area contributed by atoms with Gasteiger partial charge in [-0.05, 0) is 25.5 Å². The third-order valence-electron chi connectivity index (χ3n) is 4.23. The van der Waals surface area contributed by atoms with Crippen LogP contribution < -0.4 is 4.74 Å². The number of methoxy groups -OCH3 is 1. The molecule has 1 aromatic carbocycles. The van der Waals surface area contributed by atoms with Crippen molar-refractivity contribution < 1.29 is 14.3 Å². The topological polar surface area (TPSA) is 51.7 Å². The first-order valence-electron chi connectivity index (χ1n) is 8.18. The van der Waals surface area contributed by atoms with Crippen LogP contribution in [-0.4, -0.2) is 49.2 Å². The number of para-hydroxylation sites is 1. The number of thiazole rings is 1. The van der Waals surface area contributed by atoms with E-state index < -0.39 is 0 Å². The Labute approximate surface area is 146 Å². The van der Waals surface area contributed by atoms with Crippen LogP contribution in [0, 0.1) is 5.92 Å². The highest BCUT2D eigenvalue weighted by atomic mass is 32.1. The molecule has 1 aliphatic rings. The van der Waals surface area contributed by atoms with Crippen molar-refractivity contribution in [2.75, 3.05) is 33.4 Å². The second-order valence-corrected chi connectivity index (χ2v) is 6.67. The first kappa shape index (κ1) is 16.9. The van der Waals surface area contributed by atoms with Gasteiger partial charge in [0.1, 0.15) is 16.5 Å². The van der Waals surface area contributed by atoms with Gasteiger partial charge in [-0.3, -0.25) is 4.79 Å². The third kappa shape index (κ3) is 3.60. The lowest BCUT2D eigenvalue weighted by atomic mass is 10.1. The summed E-state index contributed by atoms with van der Waals surface area (Å²) >= 11 is 1.47. The van der Waals surface area contributed by atoms with Crippen LogP contribution in [0.3, 0.4) is 0 Å². The van der Waals surface area contributed by atoms with Crippen LogP contribution in [-0.2, 0) is 4.74 Å². The second kappa shape index (κ2) is 7.77. The number of carbonyl (C=O) groups is 1. The third-order valence-corrected chi connectivity index (χ3v) is 5.11. The van der Waals surface area contributed by atoms with Gasteiger partial charge in [-0.15, -0.1) is 11.3 Å². The minimum absolute atomic E-state index is 0.0122. The van der Waals surface area contributed by atoms with E-state index in [1.165, 1.54) is 11.3 Å². The van der Waals surface area contributed by atoms with Crippen molar-refractivity contribution in [3.63, 3.8) is 0 Å². The second-order valence-electron chi connectivity index (χ2n) is 5.81. The SMILES string of the molecule is CCN(C[C@@H]1CCOC1)C(=O)c1csc(-c2ccccc2OC)n1. The van der Waals surface area contributed by atoms with Crippen molar-refractivity contribution >= 4 is 17.2 Å². The van der Waals surface area contributed by atoms with Crippen molar-refractivity contribution in [3.05, 3.63) is 35.3 Å². The Balaban J connectivity index is 1.77. The Morgan fingerprint density at radius 3 is 3.00 bits per heavy atom. The van der Waals surface area contributed by atoms with E-state index in [9.17, 15) is 4.79 Å². The van der Waals surface area contributed by atoms with Gasteiger partial charge in [0.05, 0.1) is 19.3 Å². The number of rotatable bonds is 6. The van der Waals surface area contributed by atoms with Gasteiger partial charge in [0.2, 0.25) is 0 Å². The lowest BCUT2D eigenvalue weighted by molar-refractivity contribution is 0.0726. The molecule has 2 heterocycles. The highest BCUT2D eigenvalue weighted by Crippen LogP contribution is 2.32. The fourth-order valence-corrected chi connectivity index (χ4v) is 3.70. The van der Waals surface area contributed by atoms with Crippen LogP contribution in [0.5, 0.6) is 5.75 Å². The molecule has 1 fully saturated rings. The molecule has 1 aromatic heterocycles.